The first kappa shape index (κ1) is 26.0. The number of carbonyl (C=O) groups is 3. The molecule has 0 atom stereocenters. The van der Waals surface area contributed by atoms with Crippen molar-refractivity contribution in [3.8, 4) is 11.3 Å². The Morgan fingerprint density at radius 3 is 2.32 bits per heavy atom. The minimum absolute atomic E-state index is 0.178. The fourth-order valence-corrected chi connectivity index (χ4v) is 4.46. The first-order chi connectivity index (χ1) is 17.4. The molecule has 2 heterocycles. The van der Waals surface area contributed by atoms with E-state index in [1.807, 2.05) is 36.4 Å². The average molecular weight is 505 g/mol. The predicted octanol–water partition coefficient (Wildman–Crippen LogP) is 5.35. The molecule has 37 heavy (non-hydrogen) atoms. The van der Waals surface area contributed by atoms with Gasteiger partial charge in [-0.2, -0.15) is 0 Å². The Labute approximate surface area is 216 Å². The molecule has 1 aliphatic heterocycles. The number of carboxylic acid groups (broad SMARTS) is 1. The van der Waals surface area contributed by atoms with Crippen molar-refractivity contribution in [2.24, 2.45) is 7.05 Å². The van der Waals surface area contributed by atoms with Gasteiger partial charge in [0.05, 0.1) is 11.1 Å². The van der Waals surface area contributed by atoms with Gasteiger partial charge >= 0.3 is 18.0 Å². The third-order valence-corrected chi connectivity index (χ3v) is 6.48. The van der Waals surface area contributed by atoms with Crippen LogP contribution in [0.4, 0.5) is 4.79 Å². The van der Waals surface area contributed by atoms with Gasteiger partial charge in [0.25, 0.3) is 0 Å². The maximum absolute atomic E-state index is 13.3. The molecule has 0 saturated carbocycles. The zero-order valence-electron chi connectivity index (χ0n) is 21.8. The Hall–Kier alpha value is -4.07. The van der Waals surface area contributed by atoms with Crippen molar-refractivity contribution in [2.45, 2.75) is 52.9 Å². The first-order valence-electron chi connectivity index (χ1n) is 12.2. The highest BCUT2D eigenvalue weighted by Gasteiger charge is 2.29. The van der Waals surface area contributed by atoms with Crippen LogP contribution in [0.2, 0.25) is 0 Å². The number of aromatic nitrogens is 1. The molecule has 1 N–H and O–H groups in total. The van der Waals surface area contributed by atoms with E-state index in [2.05, 4.69) is 0 Å². The monoisotopic (exact) mass is 504 g/mol. The van der Waals surface area contributed by atoms with Gasteiger partial charge in [0.1, 0.15) is 12.2 Å². The largest absolute Gasteiger partial charge is 0.478 e. The van der Waals surface area contributed by atoms with Gasteiger partial charge < -0.3 is 24.0 Å². The van der Waals surface area contributed by atoms with Gasteiger partial charge in [-0.25, -0.2) is 14.4 Å². The fourth-order valence-electron chi connectivity index (χ4n) is 4.46. The number of carboxylic acids is 1. The summed E-state index contributed by atoms with van der Waals surface area (Å²) in [5, 5.41) is 9.62. The van der Waals surface area contributed by atoms with Gasteiger partial charge in [-0.15, -0.1) is 0 Å². The van der Waals surface area contributed by atoms with Crippen LogP contribution in [-0.4, -0.2) is 44.8 Å². The lowest BCUT2D eigenvalue weighted by molar-refractivity contribution is 0.00699. The number of ether oxygens (including phenoxy) is 2. The minimum Gasteiger partial charge on any atom is -0.478 e. The van der Waals surface area contributed by atoms with Crippen molar-refractivity contribution in [3.63, 3.8) is 0 Å². The second-order valence-electron chi connectivity index (χ2n) is 10.3. The van der Waals surface area contributed by atoms with E-state index >= 15 is 0 Å². The molecule has 0 unspecified atom stereocenters. The maximum Gasteiger partial charge on any atom is 0.410 e. The van der Waals surface area contributed by atoms with E-state index in [9.17, 15) is 19.5 Å². The van der Waals surface area contributed by atoms with Crippen LogP contribution in [-0.2, 0) is 36.1 Å². The Morgan fingerprint density at radius 2 is 1.70 bits per heavy atom. The molecule has 0 aliphatic carbocycles. The third-order valence-electron chi connectivity index (χ3n) is 6.48. The molecule has 2 aromatic carbocycles. The van der Waals surface area contributed by atoms with Crippen molar-refractivity contribution < 1.29 is 29.0 Å². The van der Waals surface area contributed by atoms with E-state index in [0.717, 1.165) is 16.7 Å². The number of esters is 1. The van der Waals surface area contributed by atoms with Crippen LogP contribution < -0.4 is 0 Å². The zero-order chi connectivity index (χ0) is 26.9. The quantitative estimate of drug-likeness (QED) is 0.471. The Morgan fingerprint density at radius 1 is 1.00 bits per heavy atom. The summed E-state index contributed by atoms with van der Waals surface area (Å²) in [7, 11) is 1.78. The summed E-state index contributed by atoms with van der Waals surface area (Å²) < 4.78 is 13.0. The van der Waals surface area contributed by atoms with E-state index in [-0.39, 0.29) is 12.2 Å². The summed E-state index contributed by atoms with van der Waals surface area (Å²) in [6.45, 7) is 8.07. The molecule has 4 rings (SSSR count). The number of aromatic carboxylic acids is 1. The van der Waals surface area contributed by atoms with E-state index in [1.165, 1.54) is 0 Å². The minimum atomic E-state index is -1.03. The Kier molecular flexibility index (Phi) is 7.12. The van der Waals surface area contributed by atoms with Crippen LogP contribution in [0.15, 0.2) is 48.5 Å². The fraction of sp³-hybridized carbons (Fsp3) is 0.345. The molecule has 0 saturated heterocycles. The molecule has 1 aliphatic rings. The SMILES string of the molecule is Cc1c(C(=O)O)cc(-c2cc3c(cc2C(=O)OC(C)(C)C)CN(C(=O)OCc2ccccc2)CC3)n1C. The van der Waals surface area contributed by atoms with E-state index < -0.39 is 23.6 Å². The highest BCUT2D eigenvalue weighted by atomic mass is 16.6. The zero-order valence-corrected chi connectivity index (χ0v) is 21.8. The van der Waals surface area contributed by atoms with E-state index in [4.69, 9.17) is 9.47 Å². The lowest BCUT2D eigenvalue weighted by atomic mass is 9.92. The Balaban J connectivity index is 1.67. The smallest absolute Gasteiger partial charge is 0.410 e. The van der Waals surface area contributed by atoms with Crippen molar-refractivity contribution >= 4 is 18.0 Å². The summed E-state index contributed by atoms with van der Waals surface area (Å²) in [5.41, 5.74) is 4.32. The number of benzene rings is 2. The second-order valence-corrected chi connectivity index (χ2v) is 10.3. The van der Waals surface area contributed by atoms with Crippen LogP contribution in [0.25, 0.3) is 11.3 Å². The van der Waals surface area contributed by atoms with Crippen LogP contribution in [0.3, 0.4) is 0 Å². The van der Waals surface area contributed by atoms with Crippen molar-refractivity contribution in [3.05, 3.63) is 82.0 Å². The van der Waals surface area contributed by atoms with Crippen molar-refractivity contribution in [2.75, 3.05) is 6.54 Å². The van der Waals surface area contributed by atoms with Gasteiger partial charge in [0, 0.05) is 37.1 Å². The molecule has 0 radical (unpaired) electrons. The molecule has 0 fully saturated rings. The number of rotatable bonds is 5. The molecule has 1 aromatic heterocycles. The number of nitrogens with zero attached hydrogens (tertiary/aromatic N) is 2. The summed E-state index contributed by atoms with van der Waals surface area (Å²) in [6, 6.07) is 14.8. The summed E-state index contributed by atoms with van der Waals surface area (Å²) in [6.07, 6.45) is 0.161. The third kappa shape index (κ3) is 5.69. The molecule has 1 amide bonds. The molecule has 0 bridgehead atoms. The number of fused-ring (bicyclic) bond motifs is 1. The highest BCUT2D eigenvalue weighted by molar-refractivity contribution is 5.99. The average Bonchev–Trinajstić information content (AvgIpc) is 3.15. The van der Waals surface area contributed by atoms with Gasteiger partial charge in [0.2, 0.25) is 0 Å². The summed E-state index contributed by atoms with van der Waals surface area (Å²) >= 11 is 0. The van der Waals surface area contributed by atoms with Crippen molar-refractivity contribution in [1.82, 2.24) is 9.47 Å². The first-order valence-corrected chi connectivity index (χ1v) is 12.2. The van der Waals surface area contributed by atoms with E-state index in [1.54, 1.807) is 56.3 Å². The van der Waals surface area contributed by atoms with Gasteiger partial charge in [-0.3, -0.25) is 0 Å². The molecular weight excluding hydrogens is 472 g/mol. The lowest BCUT2D eigenvalue weighted by Gasteiger charge is -2.29. The maximum atomic E-state index is 13.3. The summed E-state index contributed by atoms with van der Waals surface area (Å²) in [4.78, 5) is 39.4. The van der Waals surface area contributed by atoms with Crippen LogP contribution in [0.1, 0.15) is 63.9 Å². The second kappa shape index (κ2) is 10.1. The summed E-state index contributed by atoms with van der Waals surface area (Å²) in [5.74, 6) is -1.54. The van der Waals surface area contributed by atoms with Crippen LogP contribution >= 0.6 is 0 Å². The van der Waals surface area contributed by atoms with E-state index in [0.29, 0.717) is 42.0 Å². The highest BCUT2D eigenvalue weighted by Crippen LogP contribution is 2.34. The molecular formula is C29H32N2O6. The van der Waals surface area contributed by atoms with Gasteiger partial charge in [0.15, 0.2) is 0 Å². The number of amides is 1. The normalized spacial score (nSPS) is 13.2. The Bertz CT molecular complexity index is 1350. The number of carbonyl (C=O) groups excluding carboxylic acids is 2. The molecule has 8 heteroatoms. The molecule has 8 nitrogen and oxygen atoms in total. The number of hydrogen-bond acceptors (Lipinski definition) is 5. The molecule has 0 spiro atoms. The predicted molar refractivity (Wildman–Crippen MR) is 138 cm³/mol. The lowest BCUT2D eigenvalue weighted by Crippen LogP contribution is -2.36. The molecule has 194 valence electrons. The van der Waals surface area contributed by atoms with Crippen LogP contribution in [0, 0.1) is 6.92 Å². The van der Waals surface area contributed by atoms with Gasteiger partial charge in [-0.1, -0.05) is 30.3 Å². The topological polar surface area (TPSA) is 98.1 Å². The standard InChI is InChI=1S/C29H32N2O6/c1-18-22(26(32)33)15-25(30(18)5)23-13-20-11-12-31(28(35)36-17-19-9-7-6-8-10-19)16-21(20)14-24(23)27(34)37-29(2,3)4/h6-10,13-15H,11-12,16-17H2,1-5H3,(H,32,33). The van der Waals surface area contributed by atoms with Crippen molar-refractivity contribution in [1.29, 1.82) is 0 Å². The van der Waals surface area contributed by atoms with Crippen LogP contribution in [0.5, 0.6) is 0 Å². The molecule has 3 aromatic rings. The van der Waals surface area contributed by atoms with Gasteiger partial charge in [-0.05, 0) is 69.0 Å². The number of hydrogen-bond donors (Lipinski definition) is 1.